The van der Waals surface area contributed by atoms with Crippen LogP contribution in [0.5, 0.6) is 0 Å². The maximum absolute atomic E-state index is 11.7. The number of carbonyl (C=O) groups excluding carboxylic acids is 2. The van der Waals surface area contributed by atoms with Gasteiger partial charge in [0.1, 0.15) is 0 Å². The molecule has 0 spiro atoms. The van der Waals surface area contributed by atoms with Crippen LogP contribution in [0.1, 0.15) is 27.5 Å². The first-order valence-electron chi connectivity index (χ1n) is 5.92. The van der Waals surface area contributed by atoms with E-state index in [-0.39, 0.29) is 76.9 Å². The molecule has 1 aromatic carbocycles. The van der Waals surface area contributed by atoms with Gasteiger partial charge in [-0.3, -0.25) is 14.1 Å². The van der Waals surface area contributed by atoms with Crippen molar-refractivity contribution in [2.24, 2.45) is 0 Å². The second-order valence-electron chi connectivity index (χ2n) is 4.79. The van der Waals surface area contributed by atoms with Crippen molar-refractivity contribution in [2.75, 3.05) is 0 Å². The zero-order valence-electron chi connectivity index (χ0n) is 10.2. The average Bonchev–Trinajstić information content (AvgIpc) is 2.34. The van der Waals surface area contributed by atoms with E-state index in [0.29, 0.717) is 11.1 Å². The zero-order valence-corrected chi connectivity index (χ0v) is 11.1. The van der Waals surface area contributed by atoms with Gasteiger partial charge >= 0.3 is 59.1 Å². The molecule has 1 N–H and O–H groups in total. The molecule has 2 aliphatic carbocycles. The summed E-state index contributed by atoms with van der Waals surface area (Å²) in [7, 11) is -4.53. The van der Waals surface area contributed by atoms with Crippen LogP contribution in [0.25, 0.3) is 12.2 Å². The van der Waals surface area contributed by atoms with Gasteiger partial charge in [0.2, 0.25) is 0 Å². The van der Waals surface area contributed by atoms with Crippen molar-refractivity contribution in [3.63, 3.8) is 0 Å². The molecule has 2 aliphatic rings. The van der Waals surface area contributed by atoms with Crippen LogP contribution in [0.4, 0.5) is 0 Å². The molecule has 0 aliphatic heterocycles. The van der Waals surface area contributed by atoms with Crippen molar-refractivity contribution >= 4 is 93.0 Å². The Hall–Kier alpha value is -0.0500. The van der Waals surface area contributed by atoms with Crippen LogP contribution in [0, 0.1) is 0 Å². The minimum atomic E-state index is -4.53. The van der Waals surface area contributed by atoms with E-state index in [0.717, 1.165) is 11.6 Å². The number of carbonyl (C=O) groups is 2. The zero-order chi connectivity index (χ0) is 14.5. The number of hydrogen-bond acceptors (Lipinski definition) is 4. The molecular weight excluding hydrogens is 326 g/mol. The number of hydrogen-bond donors (Lipinski definition) is 1. The molecule has 1 unspecified atom stereocenters. The molecule has 5 nitrogen and oxygen atoms in total. The summed E-state index contributed by atoms with van der Waals surface area (Å²) >= 11 is 0. The third-order valence-corrected chi connectivity index (χ3v) is 4.51. The van der Waals surface area contributed by atoms with Crippen molar-refractivity contribution < 1.29 is 22.6 Å². The second-order valence-corrected chi connectivity index (χ2v) is 6.29. The fourth-order valence-electron chi connectivity index (χ4n) is 2.53. The maximum atomic E-state index is 11.7. The predicted octanol–water partition coefficient (Wildman–Crippen LogP) is 0.0528. The molecule has 3 rings (SSSR count). The van der Waals surface area contributed by atoms with Gasteiger partial charge < -0.3 is 0 Å². The first kappa shape index (κ1) is 20.0. The van der Waals surface area contributed by atoms with Crippen molar-refractivity contribution in [3.05, 3.63) is 46.5 Å². The van der Waals surface area contributed by atoms with Crippen LogP contribution in [-0.2, 0) is 26.1 Å². The van der Waals surface area contributed by atoms with Gasteiger partial charge in [-0.15, -0.1) is 0 Å². The number of rotatable bonds is 1. The van der Waals surface area contributed by atoms with Gasteiger partial charge in [0.05, 0.1) is 0 Å². The summed E-state index contributed by atoms with van der Waals surface area (Å²) in [6.07, 6.45) is 5.95. The summed E-state index contributed by atoms with van der Waals surface area (Å²) in [4.78, 5) is 23.1. The Labute approximate surface area is 172 Å². The van der Waals surface area contributed by atoms with Crippen LogP contribution >= 0.6 is 0 Å². The topological polar surface area (TPSA) is 88.5 Å². The summed E-state index contributed by atoms with van der Waals surface area (Å²) in [5, 5.41) is -1.60. The Morgan fingerprint density at radius 1 is 0.955 bits per heavy atom. The molecule has 0 saturated carbocycles. The first-order chi connectivity index (χ1) is 9.36. The van der Waals surface area contributed by atoms with E-state index in [9.17, 15) is 22.6 Å². The predicted molar refractivity (Wildman–Crippen MR) is 86.8 cm³/mol. The molecule has 1 atom stereocenters. The van der Waals surface area contributed by atoms with Gasteiger partial charge in [0, 0.05) is 6.42 Å². The second kappa shape index (κ2) is 7.23. The Morgan fingerprint density at radius 2 is 1.59 bits per heavy atom. The van der Waals surface area contributed by atoms with Gasteiger partial charge in [0.25, 0.3) is 10.1 Å². The van der Waals surface area contributed by atoms with Crippen LogP contribution in [0.3, 0.4) is 0 Å². The summed E-state index contributed by atoms with van der Waals surface area (Å²) in [6.45, 7) is 0. The van der Waals surface area contributed by atoms with E-state index in [2.05, 4.69) is 0 Å². The summed E-state index contributed by atoms with van der Waals surface area (Å²) < 4.78 is 32.1. The van der Waals surface area contributed by atoms with E-state index in [1.807, 2.05) is 0 Å². The van der Waals surface area contributed by atoms with Crippen LogP contribution in [0.2, 0.25) is 0 Å². The molecule has 1 aromatic rings. The first-order valence-corrected chi connectivity index (χ1v) is 7.42. The minimum absolute atomic E-state index is 0. The van der Waals surface area contributed by atoms with Gasteiger partial charge in [0.15, 0.2) is 16.8 Å². The Kier molecular flexibility index (Phi) is 6.58. The molecule has 0 saturated heterocycles. The SMILES string of the molecule is O=C1C=Cc2cc3c(cc2C1)C(S(=O)(=O)O)C(=O)C=C3.[NaH].[NaH]. The number of benzene rings is 1. The molecule has 0 bridgehead atoms. The summed E-state index contributed by atoms with van der Waals surface area (Å²) in [6, 6.07) is 3.24. The van der Waals surface area contributed by atoms with E-state index < -0.39 is 21.2 Å². The van der Waals surface area contributed by atoms with E-state index in [1.54, 1.807) is 12.1 Å². The molecule has 106 valence electrons. The molecule has 0 radical (unpaired) electrons. The van der Waals surface area contributed by atoms with Gasteiger partial charge in [-0.25, -0.2) is 0 Å². The Morgan fingerprint density at radius 3 is 2.23 bits per heavy atom. The summed E-state index contributed by atoms with van der Waals surface area (Å²) in [5.41, 5.74) is 2.26. The fraction of sp³-hybridized carbons (Fsp3) is 0.143. The molecule has 22 heavy (non-hydrogen) atoms. The molecule has 8 heteroatoms. The molecule has 0 fully saturated rings. The number of allylic oxidation sites excluding steroid dienone is 2. The van der Waals surface area contributed by atoms with Gasteiger partial charge in [-0.1, -0.05) is 18.2 Å². The third kappa shape index (κ3) is 3.71. The molecule has 0 aromatic heterocycles. The van der Waals surface area contributed by atoms with Gasteiger partial charge in [-0.2, -0.15) is 8.42 Å². The molecule has 0 amide bonds. The van der Waals surface area contributed by atoms with Gasteiger partial charge in [-0.05, 0) is 40.5 Å². The van der Waals surface area contributed by atoms with E-state index in [1.165, 1.54) is 18.2 Å². The molecular formula is C14H12Na2O5S. The Balaban J connectivity index is 0.00000121. The number of fused-ring (bicyclic) bond motifs is 2. The van der Waals surface area contributed by atoms with Crippen molar-refractivity contribution in [1.29, 1.82) is 0 Å². The van der Waals surface area contributed by atoms with E-state index in [4.69, 9.17) is 0 Å². The quantitative estimate of drug-likeness (QED) is 0.578. The monoisotopic (exact) mass is 338 g/mol. The average molecular weight is 338 g/mol. The standard InChI is InChI=1S/C14H10O5S.2Na.2H/c15-11-3-1-8-5-9-2-4-13(16)14(20(17,18)19)12(9)7-10(8)6-11;;;;/h1-5,7,14H,6H2,(H,17,18,19);;;;. The van der Waals surface area contributed by atoms with Crippen molar-refractivity contribution in [3.8, 4) is 0 Å². The van der Waals surface area contributed by atoms with Crippen LogP contribution in [0.15, 0.2) is 24.3 Å². The fourth-order valence-corrected chi connectivity index (χ4v) is 3.42. The van der Waals surface area contributed by atoms with Crippen molar-refractivity contribution in [1.82, 2.24) is 0 Å². The number of ketones is 2. The third-order valence-electron chi connectivity index (χ3n) is 3.42. The molecule has 0 heterocycles. The van der Waals surface area contributed by atoms with Crippen LogP contribution < -0.4 is 0 Å². The van der Waals surface area contributed by atoms with E-state index >= 15 is 0 Å². The van der Waals surface area contributed by atoms with Crippen molar-refractivity contribution in [2.45, 2.75) is 11.7 Å². The summed E-state index contributed by atoms with van der Waals surface area (Å²) in [5.74, 6) is -0.767. The Bertz CT molecular complexity index is 809. The normalized spacial score (nSPS) is 18.9. The van der Waals surface area contributed by atoms with Crippen LogP contribution in [-0.4, -0.2) is 83.7 Å².